The summed E-state index contributed by atoms with van der Waals surface area (Å²) < 4.78 is 9.78. The number of benzene rings is 2. The Bertz CT molecular complexity index is 2030. The first-order chi connectivity index (χ1) is 18.0. The first kappa shape index (κ1) is 21.9. The van der Waals surface area contributed by atoms with Crippen molar-refractivity contribution in [2.24, 2.45) is 7.05 Å². The molecule has 2 N–H and O–H groups in total. The zero-order chi connectivity index (χ0) is 25.3. The van der Waals surface area contributed by atoms with E-state index >= 15 is 0 Å². The molecule has 1 saturated carbocycles. The molecule has 37 heavy (non-hydrogen) atoms. The third kappa shape index (κ3) is 3.25. The van der Waals surface area contributed by atoms with Crippen LogP contribution < -0.4 is 16.5 Å². The predicted octanol–water partition coefficient (Wildman–Crippen LogP) is 5.33. The molecular formula is C29H26N4O4. The highest BCUT2D eigenvalue weighted by Gasteiger charge is 2.26. The van der Waals surface area contributed by atoms with Crippen LogP contribution in [0.2, 0.25) is 0 Å². The molecule has 0 aliphatic heterocycles. The van der Waals surface area contributed by atoms with Crippen LogP contribution >= 0.6 is 0 Å². The largest absolute Gasteiger partial charge is 0.454 e. The molecule has 8 heteroatoms. The second-order valence-corrected chi connectivity index (χ2v) is 10.1. The molecule has 2 aromatic carbocycles. The van der Waals surface area contributed by atoms with Gasteiger partial charge in [-0.25, -0.2) is 0 Å². The highest BCUT2D eigenvalue weighted by atomic mass is 16.3. The molecule has 0 saturated heterocycles. The molecule has 1 aliphatic carbocycles. The fraction of sp³-hybridized carbons (Fsp3) is 0.276. The van der Waals surface area contributed by atoms with Gasteiger partial charge in [-0.3, -0.25) is 24.2 Å². The van der Waals surface area contributed by atoms with Crippen LogP contribution in [0.15, 0.2) is 67.3 Å². The Morgan fingerprint density at radius 2 is 1.73 bits per heavy atom. The van der Waals surface area contributed by atoms with Crippen molar-refractivity contribution < 1.29 is 4.42 Å². The molecule has 1 fully saturated rings. The molecule has 0 unspecified atom stereocenters. The van der Waals surface area contributed by atoms with Crippen molar-refractivity contribution in [2.45, 2.75) is 44.6 Å². The number of nitrogens with one attached hydrogen (secondary N) is 2. The number of aromatic nitrogens is 4. The average Bonchev–Trinajstić information content (AvgIpc) is 3.28. The van der Waals surface area contributed by atoms with Crippen molar-refractivity contribution in [1.82, 2.24) is 19.3 Å². The number of pyridine rings is 2. The van der Waals surface area contributed by atoms with Gasteiger partial charge in [0.05, 0.1) is 28.0 Å². The quantitative estimate of drug-likeness (QED) is 0.317. The van der Waals surface area contributed by atoms with Crippen LogP contribution in [0.25, 0.3) is 55.1 Å². The van der Waals surface area contributed by atoms with E-state index in [1.807, 2.05) is 35.0 Å². The normalized spacial score (nSPS) is 15.3. The Morgan fingerprint density at radius 1 is 0.946 bits per heavy atom. The van der Waals surface area contributed by atoms with E-state index in [9.17, 15) is 14.4 Å². The molecule has 0 amide bonds. The number of para-hydroxylation sites is 1. The molecule has 8 nitrogen and oxygen atoms in total. The molecule has 7 rings (SSSR count). The average molecular weight is 495 g/mol. The SMILES string of the molecule is Cn1c(=O)c(-c2c3oc4cc(=O)ccc4c3[nH]c3c2c(=O)[nH]n3C2CCCCCC2)cc2ccccc21. The lowest BCUT2D eigenvalue weighted by molar-refractivity contribution is 0.413. The maximum atomic E-state index is 13.7. The molecular weight excluding hydrogens is 468 g/mol. The van der Waals surface area contributed by atoms with Crippen LogP contribution in [0.5, 0.6) is 0 Å². The summed E-state index contributed by atoms with van der Waals surface area (Å²) in [4.78, 5) is 42.9. The van der Waals surface area contributed by atoms with Crippen molar-refractivity contribution in [3.63, 3.8) is 0 Å². The fourth-order valence-corrected chi connectivity index (χ4v) is 6.06. The van der Waals surface area contributed by atoms with Crippen LogP contribution in [0.3, 0.4) is 0 Å². The van der Waals surface area contributed by atoms with Gasteiger partial charge in [-0.1, -0.05) is 43.9 Å². The summed E-state index contributed by atoms with van der Waals surface area (Å²) in [5, 5.41) is 5.09. The number of furan rings is 1. The van der Waals surface area contributed by atoms with E-state index in [1.165, 1.54) is 25.0 Å². The number of H-pyrrole nitrogens is 2. The van der Waals surface area contributed by atoms with Crippen LogP contribution in [0.4, 0.5) is 0 Å². The first-order valence-electron chi connectivity index (χ1n) is 12.8. The standard InChI is InChI=1S/C29H26N4O4/c1-32-21-11-7-6-8-16(21)14-20(29(32)36)23-24-27(33(31-28(24)35)17-9-4-2-3-5-10-17)30-25-19-13-12-18(34)15-22(19)37-26(23)25/h6-8,11-15,17,30H,2-5,9-10H2,1H3,(H,31,35). The van der Waals surface area contributed by atoms with Gasteiger partial charge in [0.25, 0.3) is 11.1 Å². The van der Waals surface area contributed by atoms with E-state index < -0.39 is 0 Å². The van der Waals surface area contributed by atoms with Gasteiger partial charge in [-0.2, -0.15) is 0 Å². The summed E-state index contributed by atoms with van der Waals surface area (Å²) in [7, 11) is 1.74. The first-order valence-corrected chi connectivity index (χ1v) is 12.8. The van der Waals surface area contributed by atoms with Gasteiger partial charge in [0, 0.05) is 24.1 Å². The molecule has 4 aromatic heterocycles. The number of rotatable bonds is 2. The Balaban J connectivity index is 1.66. The van der Waals surface area contributed by atoms with Crippen LogP contribution in [0.1, 0.15) is 44.6 Å². The maximum absolute atomic E-state index is 13.7. The minimum absolute atomic E-state index is 0.153. The zero-order valence-electron chi connectivity index (χ0n) is 20.5. The van der Waals surface area contributed by atoms with Crippen molar-refractivity contribution in [2.75, 3.05) is 0 Å². The van der Waals surface area contributed by atoms with E-state index in [-0.39, 0.29) is 22.6 Å². The van der Waals surface area contributed by atoms with Gasteiger partial charge in [0.15, 0.2) is 11.0 Å². The van der Waals surface area contributed by atoms with E-state index in [4.69, 9.17) is 4.42 Å². The molecule has 4 heterocycles. The van der Waals surface area contributed by atoms with E-state index in [0.29, 0.717) is 38.8 Å². The summed E-state index contributed by atoms with van der Waals surface area (Å²) in [5.74, 6) is 0. The third-order valence-corrected chi connectivity index (χ3v) is 7.90. The number of hydrogen-bond acceptors (Lipinski definition) is 4. The lowest BCUT2D eigenvalue weighted by Crippen LogP contribution is -2.19. The van der Waals surface area contributed by atoms with Gasteiger partial charge in [0.2, 0.25) is 0 Å². The minimum atomic E-state index is -0.271. The lowest BCUT2D eigenvalue weighted by Gasteiger charge is -2.17. The van der Waals surface area contributed by atoms with Gasteiger partial charge in [-0.05, 0) is 42.5 Å². The van der Waals surface area contributed by atoms with Crippen molar-refractivity contribution in [3.8, 4) is 11.1 Å². The zero-order valence-corrected chi connectivity index (χ0v) is 20.5. The van der Waals surface area contributed by atoms with Crippen LogP contribution in [-0.4, -0.2) is 19.3 Å². The molecule has 6 aromatic rings. The number of nitrogens with zero attached hydrogens (tertiary/aromatic N) is 2. The van der Waals surface area contributed by atoms with Crippen LogP contribution in [0, 0.1) is 0 Å². The second-order valence-electron chi connectivity index (χ2n) is 10.1. The highest BCUT2D eigenvalue weighted by Crippen LogP contribution is 2.39. The van der Waals surface area contributed by atoms with E-state index in [1.54, 1.807) is 17.7 Å². The van der Waals surface area contributed by atoms with E-state index in [2.05, 4.69) is 10.1 Å². The van der Waals surface area contributed by atoms with Crippen LogP contribution in [-0.2, 0) is 7.05 Å². The predicted molar refractivity (Wildman–Crippen MR) is 145 cm³/mol. The summed E-state index contributed by atoms with van der Waals surface area (Å²) in [5.41, 5.74) is 3.09. The molecule has 0 radical (unpaired) electrons. The lowest BCUT2D eigenvalue weighted by atomic mass is 10.0. The van der Waals surface area contributed by atoms with Crippen molar-refractivity contribution in [1.29, 1.82) is 0 Å². The third-order valence-electron chi connectivity index (χ3n) is 7.90. The Morgan fingerprint density at radius 3 is 2.54 bits per heavy atom. The Labute approximate surface area is 210 Å². The number of fused-ring (bicyclic) bond motifs is 5. The monoisotopic (exact) mass is 494 g/mol. The molecule has 0 bridgehead atoms. The topological polar surface area (TPSA) is 106 Å². The molecule has 1 aliphatic rings. The molecule has 0 atom stereocenters. The fourth-order valence-electron chi connectivity index (χ4n) is 6.06. The molecule has 186 valence electrons. The Kier molecular flexibility index (Phi) is 4.79. The van der Waals surface area contributed by atoms with Gasteiger partial charge >= 0.3 is 0 Å². The number of aryl methyl sites for hydroxylation is 1. The number of hydrogen-bond donors (Lipinski definition) is 2. The maximum Gasteiger partial charge on any atom is 0.274 e. The second kappa shape index (κ2) is 8.09. The summed E-state index contributed by atoms with van der Waals surface area (Å²) >= 11 is 0. The van der Waals surface area contributed by atoms with Crippen molar-refractivity contribution >= 4 is 44.0 Å². The summed E-state index contributed by atoms with van der Waals surface area (Å²) in [6.07, 6.45) is 6.54. The molecule has 0 spiro atoms. The Hall–Kier alpha value is -4.33. The van der Waals surface area contributed by atoms with Gasteiger partial charge < -0.3 is 14.0 Å². The smallest absolute Gasteiger partial charge is 0.274 e. The number of aromatic amines is 2. The van der Waals surface area contributed by atoms with Gasteiger partial charge in [0.1, 0.15) is 11.2 Å². The minimum Gasteiger partial charge on any atom is -0.454 e. The van der Waals surface area contributed by atoms with E-state index in [0.717, 1.165) is 42.0 Å². The summed E-state index contributed by atoms with van der Waals surface area (Å²) in [6, 6.07) is 14.3. The van der Waals surface area contributed by atoms with Gasteiger partial charge in [-0.15, -0.1) is 0 Å². The highest BCUT2D eigenvalue weighted by molar-refractivity contribution is 6.14. The summed E-state index contributed by atoms with van der Waals surface area (Å²) in [6.45, 7) is 0. The van der Waals surface area contributed by atoms with Crippen molar-refractivity contribution in [3.05, 3.63) is 79.5 Å².